The van der Waals surface area contributed by atoms with Gasteiger partial charge in [0.2, 0.25) is 0 Å². The summed E-state index contributed by atoms with van der Waals surface area (Å²) in [5.41, 5.74) is 1.80. The van der Waals surface area contributed by atoms with Crippen LogP contribution in [0.1, 0.15) is 29.3 Å². The third-order valence-electron chi connectivity index (χ3n) is 2.98. The first-order valence-electron chi connectivity index (χ1n) is 5.68. The van der Waals surface area contributed by atoms with Gasteiger partial charge >= 0.3 is 0 Å². The largest absolute Gasteiger partial charge is 0.359 e. The number of rotatable bonds is 1. The quantitative estimate of drug-likeness (QED) is 0.724. The van der Waals surface area contributed by atoms with Crippen LogP contribution >= 0.6 is 0 Å². The van der Waals surface area contributed by atoms with E-state index in [9.17, 15) is 4.79 Å². The van der Waals surface area contributed by atoms with Gasteiger partial charge in [-0.25, -0.2) is 0 Å². The molecular formula is C13H17NO2. The first-order valence-corrected chi connectivity index (χ1v) is 5.68. The van der Waals surface area contributed by atoms with Crippen molar-refractivity contribution >= 4 is 5.91 Å². The lowest BCUT2D eigenvalue weighted by atomic mass is 10.1. The predicted molar refractivity (Wildman–Crippen MR) is 62.2 cm³/mol. The summed E-state index contributed by atoms with van der Waals surface area (Å²) in [6.45, 7) is 5.42. The highest BCUT2D eigenvalue weighted by Gasteiger charge is 2.25. The zero-order valence-electron chi connectivity index (χ0n) is 9.77. The number of carbonyl (C=O) groups excluding carboxylic acids is 1. The van der Waals surface area contributed by atoms with Crippen molar-refractivity contribution in [3.8, 4) is 0 Å². The normalized spacial score (nSPS) is 20.9. The number of amides is 1. The molecule has 3 heteroatoms. The summed E-state index contributed by atoms with van der Waals surface area (Å²) >= 11 is 0. The van der Waals surface area contributed by atoms with Gasteiger partial charge in [-0.3, -0.25) is 4.79 Å². The highest BCUT2D eigenvalue weighted by Crippen LogP contribution is 2.16. The number of aryl methyl sites for hydroxylation is 1. The molecule has 2 rings (SSSR count). The van der Waals surface area contributed by atoms with Gasteiger partial charge in [0.25, 0.3) is 5.91 Å². The summed E-state index contributed by atoms with van der Waals surface area (Å²) < 4.78 is 5.48. The summed E-state index contributed by atoms with van der Waals surface area (Å²) in [6, 6.07) is 7.68. The molecule has 1 atom stereocenters. The lowest BCUT2D eigenvalue weighted by Gasteiger charge is -2.33. The number of hydrogen-bond donors (Lipinski definition) is 0. The van der Waals surface area contributed by atoms with Crippen LogP contribution in [-0.4, -0.2) is 30.2 Å². The van der Waals surface area contributed by atoms with E-state index in [2.05, 4.69) is 0 Å². The second kappa shape index (κ2) is 4.66. The van der Waals surface area contributed by atoms with Gasteiger partial charge in [-0.05, 0) is 31.9 Å². The molecule has 16 heavy (non-hydrogen) atoms. The van der Waals surface area contributed by atoms with Gasteiger partial charge in [0.05, 0.1) is 6.61 Å². The minimum Gasteiger partial charge on any atom is -0.359 e. The monoisotopic (exact) mass is 219 g/mol. The van der Waals surface area contributed by atoms with Crippen LogP contribution < -0.4 is 0 Å². The van der Waals surface area contributed by atoms with Crippen molar-refractivity contribution in [2.45, 2.75) is 26.5 Å². The van der Waals surface area contributed by atoms with Crippen molar-refractivity contribution in [3.63, 3.8) is 0 Å². The Hall–Kier alpha value is -1.35. The summed E-state index contributed by atoms with van der Waals surface area (Å²) in [7, 11) is 0. The van der Waals surface area contributed by atoms with E-state index in [-0.39, 0.29) is 12.1 Å². The highest BCUT2D eigenvalue weighted by atomic mass is 16.5. The average Bonchev–Trinajstić information content (AvgIpc) is 2.29. The maximum atomic E-state index is 12.3. The first kappa shape index (κ1) is 11.1. The highest BCUT2D eigenvalue weighted by molar-refractivity contribution is 5.95. The molecule has 1 amide bonds. The Balaban J connectivity index is 2.21. The third kappa shape index (κ3) is 2.09. The maximum absolute atomic E-state index is 12.3. The van der Waals surface area contributed by atoms with E-state index in [0.717, 1.165) is 30.7 Å². The molecule has 1 aliphatic rings. The van der Waals surface area contributed by atoms with Crippen molar-refractivity contribution in [1.82, 2.24) is 4.90 Å². The van der Waals surface area contributed by atoms with Crippen molar-refractivity contribution < 1.29 is 9.53 Å². The predicted octanol–water partition coefficient (Wildman–Crippen LogP) is 2.20. The van der Waals surface area contributed by atoms with Crippen molar-refractivity contribution in [3.05, 3.63) is 35.4 Å². The molecule has 0 saturated carbocycles. The number of hydrogen-bond acceptors (Lipinski definition) is 2. The molecule has 1 aliphatic heterocycles. The van der Waals surface area contributed by atoms with Gasteiger partial charge < -0.3 is 9.64 Å². The first-order chi connectivity index (χ1) is 7.70. The molecule has 1 aromatic carbocycles. The van der Waals surface area contributed by atoms with Gasteiger partial charge in [0.15, 0.2) is 0 Å². The van der Waals surface area contributed by atoms with Crippen LogP contribution in [0.4, 0.5) is 0 Å². The molecule has 0 spiro atoms. The Morgan fingerprint density at radius 1 is 1.44 bits per heavy atom. The topological polar surface area (TPSA) is 29.5 Å². The second-order valence-electron chi connectivity index (χ2n) is 4.14. The molecule has 1 heterocycles. The zero-order valence-corrected chi connectivity index (χ0v) is 9.77. The molecule has 0 aromatic heterocycles. The SMILES string of the molecule is Cc1ccccc1C(=O)N1CCCOC1C. The standard InChI is InChI=1S/C13H17NO2/c1-10-6-3-4-7-12(10)13(15)14-8-5-9-16-11(14)2/h3-4,6-7,11H,5,8-9H2,1-2H3. The van der Waals surface area contributed by atoms with E-state index in [0.29, 0.717) is 0 Å². The van der Waals surface area contributed by atoms with Crippen LogP contribution in [0.5, 0.6) is 0 Å². The molecule has 0 N–H and O–H groups in total. The number of ether oxygens (including phenoxy) is 1. The van der Waals surface area contributed by atoms with Gasteiger partial charge in [-0.15, -0.1) is 0 Å². The van der Waals surface area contributed by atoms with E-state index in [1.165, 1.54) is 0 Å². The minimum atomic E-state index is -0.110. The molecule has 1 aromatic rings. The van der Waals surface area contributed by atoms with Crippen LogP contribution in [0.3, 0.4) is 0 Å². The number of nitrogens with zero attached hydrogens (tertiary/aromatic N) is 1. The Kier molecular flexibility index (Phi) is 3.25. The van der Waals surface area contributed by atoms with Crippen LogP contribution in [0.25, 0.3) is 0 Å². The minimum absolute atomic E-state index is 0.0744. The molecule has 1 saturated heterocycles. The Bertz CT molecular complexity index is 389. The van der Waals surface area contributed by atoms with Gasteiger partial charge in [-0.1, -0.05) is 18.2 Å². The molecule has 86 valence electrons. The smallest absolute Gasteiger partial charge is 0.256 e. The van der Waals surface area contributed by atoms with Gasteiger partial charge in [0, 0.05) is 12.1 Å². The fraction of sp³-hybridized carbons (Fsp3) is 0.462. The summed E-state index contributed by atoms with van der Waals surface area (Å²) in [4.78, 5) is 14.1. The molecule has 0 bridgehead atoms. The fourth-order valence-corrected chi connectivity index (χ4v) is 1.99. The molecule has 0 radical (unpaired) electrons. The van der Waals surface area contributed by atoms with E-state index >= 15 is 0 Å². The van der Waals surface area contributed by atoms with E-state index in [4.69, 9.17) is 4.74 Å². The third-order valence-corrected chi connectivity index (χ3v) is 2.98. The lowest BCUT2D eigenvalue weighted by molar-refractivity contribution is -0.0661. The fourth-order valence-electron chi connectivity index (χ4n) is 1.99. The van der Waals surface area contributed by atoms with Crippen molar-refractivity contribution in [2.75, 3.05) is 13.2 Å². The summed E-state index contributed by atoms with van der Waals surface area (Å²) in [5, 5.41) is 0. The Morgan fingerprint density at radius 2 is 2.19 bits per heavy atom. The maximum Gasteiger partial charge on any atom is 0.256 e. The Labute approximate surface area is 96.0 Å². The molecule has 3 nitrogen and oxygen atoms in total. The van der Waals surface area contributed by atoms with Gasteiger partial charge in [-0.2, -0.15) is 0 Å². The zero-order chi connectivity index (χ0) is 11.5. The van der Waals surface area contributed by atoms with E-state index in [1.807, 2.05) is 38.1 Å². The van der Waals surface area contributed by atoms with Crippen LogP contribution in [0.2, 0.25) is 0 Å². The van der Waals surface area contributed by atoms with Crippen LogP contribution in [0, 0.1) is 6.92 Å². The van der Waals surface area contributed by atoms with E-state index < -0.39 is 0 Å². The van der Waals surface area contributed by atoms with Gasteiger partial charge in [0.1, 0.15) is 6.23 Å². The number of benzene rings is 1. The molecule has 1 unspecified atom stereocenters. The summed E-state index contributed by atoms with van der Waals surface area (Å²) in [6.07, 6.45) is 0.808. The number of carbonyl (C=O) groups is 1. The summed E-state index contributed by atoms with van der Waals surface area (Å²) in [5.74, 6) is 0.0744. The van der Waals surface area contributed by atoms with Crippen LogP contribution in [-0.2, 0) is 4.74 Å². The van der Waals surface area contributed by atoms with Crippen molar-refractivity contribution in [1.29, 1.82) is 0 Å². The van der Waals surface area contributed by atoms with Crippen LogP contribution in [0.15, 0.2) is 24.3 Å². The second-order valence-corrected chi connectivity index (χ2v) is 4.14. The average molecular weight is 219 g/mol. The molecule has 1 fully saturated rings. The lowest BCUT2D eigenvalue weighted by Crippen LogP contribution is -2.44. The molecule has 0 aliphatic carbocycles. The van der Waals surface area contributed by atoms with Crippen molar-refractivity contribution in [2.24, 2.45) is 0 Å². The Morgan fingerprint density at radius 3 is 2.88 bits per heavy atom. The van der Waals surface area contributed by atoms with E-state index in [1.54, 1.807) is 4.90 Å². The molecular weight excluding hydrogens is 202 g/mol.